The second-order valence-corrected chi connectivity index (χ2v) is 4.33. The Labute approximate surface area is 96.8 Å². The second kappa shape index (κ2) is 4.51. The van der Waals surface area contributed by atoms with Crippen LogP contribution in [-0.4, -0.2) is 24.5 Å². The number of nitriles is 1. The van der Waals surface area contributed by atoms with Gasteiger partial charge in [0.1, 0.15) is 6.04 Å². The third-order valence-corrected chi connectivity index (χ3v) is 3.22. The Morgan fingerprint density at radius 3 is 2.88 bits per heavy atom. The molecule has 0 aliphatic carbocycles. The summed E-state index contributed by atoms with van der Waals surface area (Å²) in [5, 5.41) is 9.16. The largest absolute Gasteiger partial charge is 0.287 e. The van der Waals surface area contributed by atoms with Gasteiger partial charge in [0.15, 0.2) is 0 Å². The molecule has 16 heavy (non-hydrogen) atoms. The maximum atomic E-state index is 9.16. The van der Waals surface area contributed by atoms with E-state index in [9.17, 15) is 0 Å². The van der Waals surface area contributed by atoms with Gasteiger partial charge < -0.3 is 0 Å². The molecule has 0 radical (unpaired) electrons. The molecule has 0 saturated carbocycles. The average molecular weight is 212 g/mol. The van der Waals surface area contributed by atoms with Crippen molar-refractivity contribution in [3.63, 3.8) is 0 Å². The quantitative estimate of drug-likeness (QED) is 0.660. The Balaban J connectivity index is 2.45. The summed E-state index contributed by atoms with van der Waals surface area (Å²) in [6, 6.07) is 10.7. The highest BCUT2D eigenvalue weighted by molar-refractivity contribution is 5.67. The van der Waals surface area contributed by atoms with Crippen LogP contribution in [0.4, 0.5) is 0 Å². The third-order valence-electron chi connectivity index (χ3n) is 3.22. The van der Waals surface area contributed by atoms with E-state index in [1.54, 1.807) is 0 Å². The van der Waals surface area contributed by atoms with Crippen molar-refractivity contribution in [1.29, 1.82) is 5.26 Å². The fourth-order valence-corrected chi connectivity index (χ4v) is 2.11. The molecule has 0 amide bonds. The van der Waals surface area contributed by atoms with Crippen LogP contribution >= 0.6 is 0 Å². The summed E-state index contributed by atoms with van der Waals surface area (Å²) >= 11 is 0. The molecule has 1 aliphatic rings. The van der Waals surface area contributed by atoms with Gasteiger partial charge >= 0.3 is 0 Å². The molecular weight excluding hydrogens is 196 g/mol. The molecule has 0 N–H and O–H groups in total. The van der Waals surface area contributed by atoms with E-state index in [0.29, 0.717) is 0 Å². The minimum atomic E-state index is -0.0227. The predicted molar refractivity (Wildman–Crippen MR) is 65.8 cm³/mol. The summed E-state index contributed by atoms with van der Waals surface area (Å²) < 4.78 is 0. The monoisotopic (exact) mass is 212 g/mol. The molecule has 82 valence electrons. The van der Waals surface area contributed by atoms with Gasteiger partial charge in [-0.1, -0.05) is 30.3 Å². The van der Waals surface area contributed by atoms with Crippen LogP contribution in [0, 0.1) is 11.3 Å². The third kappa shape index (κ3) is 2.00. The number of rotatable bonds is 0. The van der Waals surface area contributed by atoms with Crippen LogP contribution < -0.4 is 0 Å². The number of allylic oxidation sites excluding steroid dienone is 1. The Bertz CT molecular complexity index is 454. The summed E-state index contributed by atoms with van der Waals surface area (Å²) in [6.45, 7) is 2.98. The molecule has 2 nitrogen and oxygen atoms in total. The maximum absolute atomic E-state index is 9.16. The molecule has 2 heteroatoms. The standard InChI is InChI=1S/C14H16N2/c1-11-7-8-16(2)13(10-15)9-12-5-3-4-6-14(11)12/h3-7,13H,8-9H2,1-2H3. The molecular formula is C14H16N2. The molecule has 0 fully saturated rings. The van der Waals surface area contributed by atoms with E-state index in [1.165, 1.54) is 16.7 Å². The van der Waals surface area contributed by atoms with Crippen LogP contribution in [0.3, 0.4) is 0 Å². The highest BCUT2D eigenvalue weighted by Crippen LogP contribution is 2.23. The van der Waals surface area contributed by atoms with E-state index < -0.39 is 0 Å². The minimum Gasteiger partial charge on any atom is -0.287 e. The smallest absolute Gasteiger partial charge is 0.102 e. The lowest BCUT2D eigenvalue weighted by atomic mass is 9.94. The van der Waals surface area contributed by atoms with Crippen molar-refractivity contribution in [3.05, 3.63) is 41.5 Å². The van der Waals surface area contributed by atoms with Crippen LogP contribution in [0.5, 0.6) is 0 Å². The van der Waals surface area contributed by atoms with E-state index in [1.807, 2.05) is 13.1 Å². The molecule has 0 bridgehead atoms. The van der Waals surface area contributed by atoms with Gasteiger partial charge in [-0.25, -0.2) is 0 Å². The van der Waals surface area contributed by atoms with E-state index in [2.05, 4.69) is 42.2 Å². The lowest BCUT2D eigenvalue weighted by Crippen LogP contribution is -2.33. The van der Waals surface area contributed by atoms with Gasteiger partial charge in [-0.2, -0.15) is 5.26 Å². The van der Waals surface area contributed by atoms with Gasteiger partial charge in [-0.05, 0) is 30.7 Å². The number of hydrogen-bond acceptors (Lipinski definition) is 2. The van der Waals surface area contributed by atoms with Crippen molar-refractivity contribution in [2.45, 2.75) is 19.4 Å². The maximum Gasteiger partial charge on any atom is 0.102 e. The Hall–Kier alpha value is -1.59. The lowest BCUT2D eigenvalue weighted by molar-refractivity contribution is 0.314. The molecule has 1 atom stereocenters. The molecule has 1 heterocycles. The zero-order valence-corrected chi connectivity index (χ0v) is 9.77. The SMILES string of the molecule is CC1=CCN(C)C(C#N)Cc2ccccc21. The normalized spacial score (nSPS) is 21.3. The summed E-state index contributed by atoms with van der Waals surface area (Å²) in [5.74, 6) is 0. The van der Waals surface area contributed by atoms with Gasteiger partial charge in [0.25, 0.3) is 0 Å². The zero-order chi connectivity index (χ0) is 11.5. The van der Waals surface area contributed by atoms with Gasteiger partial charge in [0, 0.05) is 13.0 Å². The topological polar surface area (TPSA) is 27.0 Å². The van der Waals surface area contributed by atoms with Gasteiger partial charge in [0.2, 0.25) is 0 Å². The number of nitrogens with zero attached hydrogens (tertiary/aromatic N) is 2. The molecule has 0 spiro atoms. The van der Waals surface area contributed by atoms with Crippen molar-refractivity contribution in [2.24, 2.45) is 0 Å². The van der Waals surface area contributed by atoms with E-state index in [4.69, 9.17) is 5.26 Å². The minimum absolute atomic E-state index is 0.0227. The van der Waals surface area contributed by atoms with Crippen molar-refractivity contribution in [2.75, 3.05) is 13.6 Å². The van der Waals surface area contributed by atoms with Crippen LogP contribution in [0.1, 0.15) is 18.1 Å². The zero-order valence-electron chi connectivity index (χ0n) is 9.77. The number of fused-ring (bicyclic) bond motifs is 1. The molecule has 1 aromatic carbocycles. The Morgan fingerprint density at radius 1 is 1.38 bits per heavy atom. The number of likely N-dealkylation sites (N-methyl/N-ethyl adjacent to an activating group) is 1. The lowest BCUT2D eigenvalue weighted by Gasteiger charge is -2.25. The first-order chi connectivity index (χ1) is 7.72. The Morgan fingerprint density at radius 2 is 2.12 bits per heavy atom. The van der Waals surface area contributed by atoms with Crippen LogP contribution in [0.15, 0.2) is 30.3 Å². The first-order valence-corrected chi connectivity index (χ1v) is 5.57. The van der Waals surface area contributed by atoms with Crippen LogP contribution in [-0.2, 0) is 6.42 Å². The number of hydrogen-bond donors (Lipinski definition) is 0. The fourth-order valence-electron chi connectivity index (χ4n) is 2.11. The summed E-state index contributed by atoms with van der Waals surface area (Å²) in [7, 11) is 2.01. The van der Waals surface area contributed by atoms with Crippen molar-refractivity contribution >= 4 is 5.57 Å². The fraction of sp³-hybridized carbons (Fsp3) is 0.357. The molecule has 0 saturated heterocycles. The van der Waals surface area contributed by atoms with Crippen molar-refractivity contribution in [1.82, 2.24) is 4.90 Å². The van der Waals surface area contributed by atoms with Gasteiger partial charge in [0.05, 0.1) is 6.07 Å². The van der Waals surface area contributed by atoms with Crippen LogP contribution in [0.25, 0.3) is 5.57 Å². The molecule has 1 aliphatic heterocycles. The average Bonchev–Trinajstić information content (AvgIpc) is 2.31. The van der Waals surface area contributed by atoms with E-state index >= 15 is 0 Å². The second-order valence-electron chi connectivity index (χ2n) is 4.33. The van der Waals surface area contributed by atoms with E-state index in [-0.39, 0.29) is 6.04 Å². The molecule has 0 aromatic heterocycles. The molecule has 1 unspecified atom stereocenters. The highest BCUT2D eigenvalue weighted by atomic mass is 15.1. The summed E-state index contributed by atoms with van der Waals surface area (Å²) in [4.78, 5) is 2.10. The number of benzene rings is 1. The Kier molecular flexibility index (Phi) is 3.07. The van der Waals surface area contributed by atoms with Crippen molar-refractivity contribution < 1.29 is 0 Å². The summed E-state index contributed by atoms with van der Waals surface area (Å²) in [6.07, 6.45) is 3.01. The predicted octanol–water partition coefficient (Wildman–Crippen LogP) is 2.47. The van der Waals surface area contributed by atoms with Gasteiger partial charge in [-0.3, -0.25) is 4.90 Å². The first kappa shape index (κ1) is 10.9. The first-order valence-electron chi connectivity index (χ1n) is 5.57. The highest BCUT2D eigenvalue weighted by Gasteiger charge is 2.18. The van der Waals surface area contributed by atoms with E-state index in [0.717, 1.165) is 13.0 Å². The molecule has 1 aromatic rings. The summed E-state index contributed by atoms with van der Waals surface area (Å²) in [5.41, 5.74) is 3.86. The molecule has 2 rings (SSSR count). The van der Waals surface area contributed by atoms with Crippen LogP contribution in [0.2, 0.25) is 0 Å². The van der Waals surface area contributed by atoms with Crippen molar-refractivity contribution in [3.8, 4) is 6.07 Å². The van der Waals surface area contributed by atoms with Gasteiger partial charge in [-0.15, -0.1) is 0 Å².